The normalized spacial score (nSPS) is 36.2. The quantitative estimate of drug-likeness (QED) is 0.490. The fraction of sp³-hybridized carbons (Fsp3) is 0.857. The van der Waals surface area contributed by atoms with E-state index in [9.17, 15) is 0 Å². The molecule has 0 amide bonds. The molecule has 0 bridgehead atoms. The van der Waals surface area contributed by atoms with Gasteiger partial charge in [0.05, 0.1) is 6.04 Å². The van der Waals surface area contributed by atoms with Gasteiger partial charge in [0.1, 0.15) is 0 Å². The van der Waals surface area contributed by atoms with Crippen molar-refractivity contribution in [3.8, 4) is 0 Å². The largest absolute Gasteiger partial charge is 0.294 e. The van der Waals surface area contributed by atoms with Crippen molar-refractivity contribution in [1.82, 2.24) is 0 Å². The molecule has 1 heteroatoms. The van der Waals surface area contributed by atoms with Crippen LogP contribution in [-0.4, -0.2) is 12.3 Å². The van der Waals surface area contributed by atoms with Crippen LogP contribution in [0.5, 0.6) is 0 Å². The number of hydrogen-bond donors (Lipinski definition) is 0. The van der Waals surface area contributed by atoms with Gasteiger partial charge in [0.25, 0.3) is 0 Å². The van der Waals surface area contributed by atoms with E-state index in [4.69, 9.17) is 0 Å². The summed E-state index contributed by atoms with van der Waals surface area (Å²) in [4.78, 5) is 4.31. The second-order valence-electron chi connectivity index (χ2n) is 2.52. The molecule has 0 aromatic heterocycles. The van der Waals surface area contributed by atoms with Crippen LogP contribution in [0.25, 0.3) is 0 Å². The maximum Gasteiger partial charge on any atom is 0.0522 e. The summed E-state index contributed by atoms with van der Waals surface area (Å²) in [5.41, 5.74) is 0. The van der Waals surface area contributed by atoms with Crippen LogP contribution in [0.2, 0.25) is 0 Å². The van der Waals surface area contributed by atoms with Gasteiger partial charge in [-0.15, -0.1) is 0 Å². The molecule has 1 nitrogen and oxygen atoms in total. The van der Waals surface area contributed by atoms with Gasteiger partial charge in [-0.25, -0.2) is 0 Å². The van der Waals surface area contributed by atoms with Gasteiger partial charge < -0.3 is 0 Å². The van der Waals surface area contributed by atoms with Crippen molar-refractivity contribution >= 4 is 6.21 Å². The Morgan fingerprint density at radius 2 is 2.50 bits per heavy atom. The predicted octanol–water partition coefficient (Wildman–Crippen LogP) is 1.88. The lowest BCUT2D eigenvalue weighted by molar-refractivity contribution is 0.492. The van der Waals surface area contributed by atoms with Crippen LogP contribution in [0.3, 0.4) is 0 Å². The first-order valence-electron chi connectivity index (χ1n) is 3.36. The Labute approximate surface area is 50.8 Å². The second kappa shape index (κ2) is 2.29. The molecule has 46 valence electrons. The first-order valence-corrected chi connectivity index (χ1v) is 3.36. The van der Waals surface area contributed by atoms with E-state index in [1.807, 2.05) is 0 Å². The van der Waals surface area contributed by atoms with E-state index in [1.165, 1.54) is 12.8 Å². The third-order valence-electron chi connectivity index (χ3n) is 1.85. The van der Waals surface area contributed by atoms with Gasteiger partial charge >= 0.3 is 0 Å². The summed E-state index contributed by atoms with van der Waals surface area (Å²) in [6.07, 6.45) is 4.45. The Hall–Kier alpha value is -0.330. The lowest BCUT2D eigenvalue weighted by atomic mass is 10.0. The number of nitrogens with zero attached hydrogens (tertiary/aromatic N) is 1. The maximum atomic E-state index is 4.31. The molecule has 0 saturated carbocycles. The van der Waals surface area contributed by atoms with Crippen molar-refractivity contribution in [3.63, 3.8) is 0 Å². The zero-order valence-corrected chi connectivity index (χ0v) is 5.59. The lowest BCUT2D eigenvalue weighted by Crippen LogP contribution is -2.07. The summed E-state index contributed by atoms with van der Waals surface area (Å²) in [6, 6.07) is 0.634. The van der Waals surface area contributed by atoms with Gasteiger partial charge in [0.2, 0.25) is 0 Å². The fourth-order valence-corrected chi connectivity index (χ4v) is 1.17. The third-order valence-corrected chi connectivity index (χ3v) is 1.85. The minimum Gasteiger partial charge on any atom is -0.294 e. The average molecular weight is 111 g/mol. The summed E-state index contributed by atoms with van der Waals surface area (Å²) >= 11 is 0. The molecule has 1 unspecified atom stereocenters. The zero-order valence-electron chi connectivity index (χ0n) is 5.59. The van der Waals surface area contributed by atoms with Crippen molar-refractivity contribution in [3.05, 3.63) is 0 Å². The highest BCUT2D eigenvalue weighted by molar-refractivity contribution is 5.60. The van der Waals surface area contributed by atoms with Crippen LogP contribution in [0.4, 0.5) is 0 Å². The van der Waals surface area contributed by atoms with E-state index in [2.05, 4.69) is 25.1 Å². The van der Waals surface area contributed by atoms with E-state index >= 15 is 0 Å². The number of hydrogen-bond acceptors (Lipinski definition) is 1. The standard InChI is InChI=1S/C7H13N/c1-3-7-6(2)4-5-8-7/h5-7H,3-4H2,1-2H3/t6-,7?/m1/s1. The molecule has 0 radical (unpaired) electrons. The van der Waals surface area contributed by atoms with E-state index in [-0.39, 0.29) is 0 Å². The van der Waals surface area contributed by atoms with Crippen molar-refractivity contribution in [2.45, 2.75) is 32.7 Å². The molecule has 8 heavy (non-hydrogen) atoms. The minimum atomic E-state index is 0.634. The van der Waals surface area contributed by atoms with Crippen LogP contribution in [0.15, 0.2) is 4.99 Å². The van der Waals surface area contributed by atoms with Crippen molar-refractivity contribution in [2.75, 3.05) is 0 Å². The molecule has 0 aromatic carbocycles. The zero-order chi connectivity index (χ0) is 5.98. The SMILES string of the molecule is CCC1N=CC[C@H]1C. The molecule has 0 aromatic rings. The van der Waals surface area contributed by atoms with E-state index < -0.39 is 0 Å². The van der Waals surface area contributed by atoms with Gasteiger partial charge in [-0.2, -0.15) is 0 Å². The fourth-order valence-electron chi connectivity index (χ4n) is 1.17. The molecule has 0 N–H and O–H groups in total. The molecule has 0 fully saturated rings. The van der Waals surface area contributed by atoms with E-state index in [0.717, 1.165) is 5.92 Å². The Morgan fingerprint density at radius 1 is 1.75 bits per heavy atom. The van der Waals surface area contributed by atoms with Crippen LogP contribution < -0.4 is 0 Å². The van der Waals surface area contributed by atoms with Gasteiger partial charge in [-0.1, -0.05) is 13.8 Å². The van der Waals surface area contributed by atoms with Crippen LogP contribution >= 0.6 is 0 Å². The predicted molar refractivity (Wildman–Crippen MR) is 36.4 cm³/mol. The molecular formula is C7H13N. The summed E-state index contributed by atoms with van der Waals surface area (Å²) in [5, 5.41) is 0. The second-order valence-corrected chi connectivity index (χ2v) is 2.52. The highest BCUT2D eigenvalue weighted by Crippen LogP contribution is 2.18. The van der Waals surface area contributed by atoms with Crippen molar-refractivity contribution in [1.29, 1.82) is 0 Å². The average Bonchev–Trinajstić information content (AvgIpc) is 2.14. The number of aliphatic imine (C=N–C) groups is 1. The third kappa shape index (κ3) is 0.908. The molecule has 1 rings (SSSR count). The van der Waals surface area contributed by atoms with E-state index in [1.54, 1.807) is 0 Å². The smallest absolute Gasteiger partial charge is 0.0522 e. The molecule has 1 aliphatic heterocycles. The molecule has 0 aliphatic carbocycles. The highest BCUT2D eigenvalue weighted by Gasteiger charge is 2.16. The lowest BCUT2D eigenvalue weighted by Gasteiger charge is -2.08. The van der Waals surface area contributed by atoms with E-state index in [0.29, 0.717) is 6.04 Å². The molecular weight excluding hydrogens is 98.1 g/mol. The molecule has 1 aliphatic rings. The molecule has 1 heterocycles. The minimum absolute atomic E-state index is 0.634. The monoisotopic (exact) mass is 111 g/mol. The van der Waals surface area contributed by atoms with Gasteiger partial charge in [0, 0.05) is 0 Å². The number of rotatable bonds is 1. The first-order chi connectivity index (χ1) is 3.84. The Kier molecular flexibility index (Phi) is 1.66. The van der Waals surface area contributed by atoms with Gasteiger partial charge in [0.15, 0.2) is 0 Å². The highest BCUT2D eigenvalue weighted by atomic mass is 14.8. The Bertz CT molecular complexity index is 96.6. The summed E-state index contributed by atoms with van der Waals surface area (Å²) in [7, 11) is 0. The van der Waals surface area contributed by atoms with Gasteiger partial charge in [-0.3, -0.25) is 4.99 Å². The summed E-state index contributed by atoms with van der Waals surface area (Å²) in [5.74, 6) is 0.806. The van der Waals surface area contributed by atoms with Crippen molar-refractivity contribution in [2.24, 2.45) is 10.9 Å². The Morgan fingerprint density at radius 3 is 2.75 bits per heavy atom. The van der Waals surface area contributed by atoms with Gasteiger partial charge in [-0.05, 0) is 25.0 Å². The summed E-state index contributed by atoms with van der Waals surface area (Å²) < 4.78 is 0. The van der Waals surface area contributed by atoms with Crippen LogP contribution in [0.1, 0.15) is 26.7 Å². The van der Waals surface area contributed by atoms with Crippen molar-refractivity contribution < 1.29 is 0 Å². The van der Waals surface area contributed by atoms with Crippen LogP contribution in [-0.2, 0) is 0 Å². The molecule has 2 atom stereocenters. The molecule has 0 spiro atoms. The molecule has 0 saturated heterocycles. The first kappa shape index (κ1) is 5.80. The van der Waals surface area contributed by atoms with Crippen LogP contribution in [0, 0.1) is 5.92 Å². The Balaban J connectivity index is 2.41. The topological polar surface area (TPSA) is 12.4 Å². The summed E-state index contributed by atoms with van der Waals surface area (Å²) in [6.45, 7) is 4.46. The maximum absolute atomic E-state index is 4.31.